The van der Waals surface area contributed by atoms with Crippen molar-refractivity contribution < 1.29 is 97.5 Å². The van der Waals surface area contributed by atoms with Gasteiger partial charge < -0.3 is 134 Å². The summed E-state index contributed by atoms with van der Waals surface area (Å²) in [5.41, 5.74) is 33.9. The number of nitrogens with two attached hydrogens (primary N) is 6. The van der Waals surface area contributed by atoms with E-state index in [1.807, 2.05) is 0 Å². The number of carboxylic acid groups (broad SMARTS) is 1. The van der Waals surface area contributed by atoms with Crippen LogP contribution in [-0.4, -0.2) is 286 Å². The smallest absolute Gasteiger partial charge is 0.326 e. The number of nitrogens with one attached hydrogen (secondary N) is 13. The van der Waals surface area contributed by atoms with Crippen molar-refractivity contribution >= 4 is 112 Å². The second kappa shape index (κ2) is 52.9. The Morgan fingerprint density at radius 1 is 0.451 bits per heavy atom. The van der Waals surface area contributed by atoms with Gasteiger partial charge in [0.15, 0.2) is 11.9 Å². The lowest BCUT2D eigenvalue weighted by molar-refractivity contribution is -0.149. The van der Waals surface area contributed by atoms with E-state index in [-0.39, 0.29) is 108 Å². The van der Waals surface area contributed by atoms with Gasteiger partial charge in [0.25, 0.3) is 0 Å². The van der Waals surface area contributed by atoms with Crippen LogP contribution < -0.4 is 104 Å². The van der Waals surface area contributed by atoms with E-state index in [1.165, 1.54) is 25.6 Å². The molecule has 1 heterocycles. The summed E-state index contributed by atoms with van der Waals surface area (Å²) in [5, 5.41) is 83.5. The third-order valence-corrected chi connectivity index (χ3v) is 19.3. The highest BCUT2D eigenvalue weighted by Crippen LogP contribution is 2.20. The van der Waals surface area contributed by atoms with Crippen LogP contribution in [0.4, 0.5) is 0 Å². The zero-order chi connectivity index (χ0) is 86.1. The molecule has 1 aliphatic heterocycles. The van der Waals surface area contributed by atoms with E-state index in [9.17, 15) is 97.5 Å². The molecule has 0 unspecified atom stereocenters. The minimum absolute atomic E-state index is 0.0299. The van der Waals surface area contributed by atoms with Crippen LogP contribution in [0.3, 0.4) is 0 Å². The third kappa shape index (κ3) is 36.2. The summed E-state index contributed by atoms with van der Waals surface area (Å²) < 4.78 is 0. The summed E-state index contributed by atoms with van der Waals surface area (Å²) in [7, 11) is 0. The normalized spacial score (nSPS) is 17.1. The minimum atomic E-state index is -1.86. The van der Waals surface area contributed by atoms with E-state index in [2.05, 4.69) is 79.1 Å². The van der Waals surface area contributed by atoms with Crippen LogP contribution in [-0.2, 0) is 71.9 Å². The Bertz CT molecular complexity index is 3200. The molecule has 0 aliphatic carbocycles. The first-order valence-corrected chi connectivity index (χ1v) is 39.5. The van der Waals surface area contributed by atoms with Gasteiger partial charge in [-0.1, -0.05) is 68.2 Å². The molecule has 0 spiro atoms. The maximum Gasteiger partial charge on any atom is 0.326 e. The van der Waals surface area contributed by atoms with Crippen molar-refractivity contribution in [2.24, 2.45) is 68.1 Å². The van der Waals surface area contributed by atoms with Gasteiger partial charge in [0.1, 0.15) is 84.6 Å². The third-order valence-electron chi connectivity index (χ3n) is 18.7. The van der Waals surface area contributed by atoms with Crippen LogP contribution in [0.2, 0.25) is 0 Å². The number of hydrogen-bond acceptors (Lipinski definition) is 24. The lowest BCUT2D eigenvalue weighted by atomic mass is 9.94. The summed E-state index contributed by atoms with van der Waals surface area (Å²) in [6, 6.07) is -21.9. The van der Waals surface area contributed by atoms with Crippen LogP contribution >= 0.6 is 11.8 Å². The summed E-state index contributed by atoms with van der Waals surface area (Å²) in [5.74, 6) is -17.0. The molecule has 1 fully saturated rings. The quantitative estimate of drug-likeness (QED) is 0.0153. The topological polar surface area (TPSA) is 698 Å². The summed E-state index contributed by atoms with van der Waals surface area (Å²) in [6.45, 7) is 14.1. The molecule has 0 saturated carbocycles. The molecule has 0 bridgehead atoms. The van der Waals surface area contributed by atoms with Gasteiger partial charge in [0.05, 0.1) is 32.0 Å². The van der Waals surface area contributed by atoms with Gasteiger partial charge in [0, 0.05) is 19.6 Å². The van der Waals surface area contributed by atoms with Crippen molar-refractivity contribution in [2.45, 2.75) is 256 Å². The molecule has 0 radical (unpaired) electrons. The van der Waals surface area contributed by atoms with Crippen molar-refractivity contribution in [3.63, 3.8) is 0 Å². The van der Waals surface area contributed by atoms with Crippen molar-refractivity contribution in [3.8, 4) is 0 Å². The van der Waals surface area contributed by atoms with Gasteiger partial charge in [-0.2, -0.15) is 11.8 Å². The number of guanidine groups is 2. The Morgan fingerprint density at radius 3 is 1.27 bits per heavy atom. The maximum atomic E-state index is 14.7. The summed E-state index contributed by atoms with van der Waals surface area (Å²) in [4.78, 5) is 216. The monoisotopic (exact) mass is 1630 g/mol. The van der Waals surface area contributed by atoms with Gasteiger partial charge in [0.2, 0.25) is 82.7 Å². The highest BCUT2D eigenvalue weighted by atomic mass is 32.2. The minimum Gasteiger partial charge on any atom is -0.480 e. The molecule has 1 saturated heterocycles. The van der Waals surface area contributed by atoms with Crippen LogP contribution in [0.5, 0.6) is 0 Å². The fourth-order valence-electron chi connectivity index (χ4n) is 11.5. The van der Waals surface area contributed by atoms with Crippen molar-refractivity contribution in [2.75, 3.05) is 58.0 Å². The molecule has 30 N–H and O–H groups in total. The lowest BCUT2D eigenvalue weighted by Gasteiger charge is -2.31. The van der Waals surface area contributed by atoms with E-state index in [0.717, 1.165) is 11.8 Å². The number of likely N-dealkylation sites (tertiary alicyclic amines) is 1. The number of rotatable bonds is 54. The van der Waals surface area contributed by atoms with E-state index in [4.69, 9.17) is 34.4 Å². The fraction of sp³-hybridized carbons (Fsp3) is 0.757. The van der Waals surface area contributed by atoms with Crippen molar-refractivity contribution in [3.05, 3.63) is 0 Å². The molecule has 42 nitrogen and oxygen atoms in total. The van der Waals surface area contributed by atoms with Crippen LogP contribution in [0, 0.1) is 23.7 Å². The average molecular weight is 1630 g/mol. The van der Waals surface area contributed by atoms with Gasteiger partial charge in [-0.3, -0.25) is 77.1 Å². The molecule has 43 heteroatoms. The molecule has 1 aliphatic rings. The average Bonchev–Trinajstić information content (AvgIpc) is 1.79. The van der Waals surface area contributed by atoms with Gasteiger partial charge in [-0.15, -0.1) is 0 Å². The molecule has 1 rings (SSSR count). The fourth-order valence-corrected chi connectivity index (χ4v) is 12.0. The van der Waals surface area contributed by atoms with Crippen LogP contribution in [0.15, 0.2) is 9.98 Å². The first-order chi connectivity index (χ1) is 53.1. The van der Waals surface area contributed by atoms with E-state index < -0.39 is 223 Å². The number of aliphatic hydroxyl groups excluding tert-OH is 4. The van der Waals surface area contributed by atoms with E-state index >= 15 is 0 Å². The first-order valence-electron chi connectivity index (χ1n) is 38.1. The number of thioether (sulfide) groups is 1. The number of aliphatic carboxylic acids is 1. The number of hydrogen-bond donors (Lipinski definition) is 24. The maximum absolute atomic E-state index is 14.7. The highest BCUT2D eigenvalue weighted by molar-refractivity contribution is 7.98. The van der Waals surface area contributed by atoms with E-state index in [0.29, 0.717) is 25.0 Å². The standard InChI is InChI=1S/C70H128N22O20S/c1-13-36(7)51(64(107)87-48(33-95)62(105)91-53(40(11)96)66(109)79-38(9)54(97)81-42(20-15-16-25-71)56(99)80-39(10)67(110)92-28-19-23-49(92)68(111)112)90-65(108)52(37(8)14-2)89-58(101)44(22-18-27-78-70(75)76)82-57(100)43(21-17-26-77-69(73)74)83-63(106)50(35(5)6)88-59(102)45(30-34(3)4)84-60(103)47(32-94)86-61(104)46(31-93)85-55(98)41(72)24-29-113-12/h34-53,93-96H,13-33,71-72H2,1-12H3,(H,79,109)(H,80,99)(H,81,97)(H,82,100)(H,83,106)(H,84,103)(H,85,98)(H,86,104)(H,87,107)(H,88,102)(H,89,101)(H,90,108)(H,91,105)(H,111,112)(H4,73,74,77)(H4,75,76,78)/t36-,37-,38-,39-,40+,41-,42-,43-,44-,45-,46-,47-,48-,49-,50-,51-,52-,53-/m0/s1. The second-order valence-corrected chi connectivity index (χ2v) is 29.9. The molecular formula is C70H128N22O20S. The SMILES string of the molecule is CC[C@H](C)[C@H](NC(=O)[C@H](CCCN=C(N)N)NC(=O)[C@H](CCCN=C(N)N)NC(=O)[C@@H](NC(=O)[C@H](CC(C)C)NC(=O)[C@H](CO)NC(=O)[C@H](CO)NC(=O)[C@@H](N)CCSC)C(C)C)C(=O)N[C@H](C(=O)N[C@@H](CO)C(=O)N[C@H](C(=O)N[C@@H](C)C(=O)N[C@@H](CCCCN)C(=O)N[C@@H](C)C(=O)N1CCC[C@H]1C(=O)O)[C@@H](C)O)[C@@H](C)CC. The van der Waals surface area contributed by atoms with Gasteiger partial charge in [-0.05, 0) is 134 Å². The Hall–Kier alpha value is -9.30. The van der Waals surface area contributed by atoms with Gasteiger partial charge >= 0.3 is 5.97 Å². The van der Waals surface area contributed by atoms with Crippen molar-refractivity contribution in [1.29, 1.82) is 0 Å². The second-order valence-electron chi connectivity index (χ2n) is 28.9. The summed E-state index contributed by atoms with van der Waals surface area (Å²) in [6.07, 6.45) is 1.92. The van der Waals surface area contributed by atoms with Crippen LogP contribution in [0.1, 0.15) is 160 Å². The number of aliphatic imine (C=N–C) groups is 2. The van der Waals surface area contributed by atoms with Crippen molar-refractivity contribution in [1.82, 2.24) is 74.0 Å². The predicted octanol–water partition coefficient (Wildman–Crippen LogP) is -8.13. The highest BCUT2D eigenvalue weighted by Gasteiger charge is 2.41. The Balaban J connectivity index is 3.58. The van der Waals surface area contributed by atoms with Crippen LogP contribution in [0.25, 0.3) is 0 Å². The number of unbranched alkanes of at least 4 members (excludes halogenated alkanes) is 1. The zero-order valence-corrected chi connectivity index (χ0v) is 67.8. The molecular weight excluding hydrogens is 1500 g/mol. The van der Waals surface area contributed by atoms with Gasteiger partial charge in [-0.25, -0.2) is 4.79 Å². The number of carbonyl (C=O) groups excluding carboxylic acids is 14. The molecule has 0 aromatic rings. The zero-order valence-electron chi connectivity index (χ0n) is 67.0. The molecule has 0 aromatic carbocycles. The summed E-state index contributed by atoms with van der Waals surface area (Å²) >= 11 is 1.43. The number of carbonyl (C=O) groups is 15. The number of nitrogens with zero attached hydrogens (tertiary/aromatic N) is 3. The molecule has 0 aromatic heterocycles. The number of aliphatic hydroxyl groups is 4. The Morgan fingerprint density at radius 2 is 0.814 bits per heavy atom. The molecule has 644 valence electrons. The molecule has 18 atom stereocenters. The Kier molecular flexibility index (Phi) is 47.6. The largest absolute Gasteiger partial charge is 0.480 e. The Labute approximate surface area is 663 Å². The number of amides is 14. The number of carboxylic acids is 1. The molecule has 113 heavy (non-hydrogen) atoms. The van der Waals surface area contributed by atoms with E-state index in [1.54, 1.807) is 61.6 Å². The predicted molar refractivity (Wildman–Crippen MR) is 419 cm³/mol. The lowest BCUT2D eigenvalue weighted by Crippen LogP contribution is -2.63. The first kappa shape index (κ1) is 102. The molecule has 14 amide bonds.